The quantitative estimate of drug-likeness (QED) is 0.232. The number of rotatable bonds is 5. The summed E-state index contributed by atoms with van der Waals surface area (Å²) in [5.74, 6) is -1.19. The SMILES string of the molecule is Cc1ccc(-c2cc(C(F)(F)F)n3nc(C(=O)Nc4c(C)nn(Cc5ccc(F)cc5Cl)c4C)cc3n2)cc1C. The molecule has 0 radical (unpaired) electrons. The molecule has 0 aliphatic rings. The van der Waals surface area contributed by atoms with Gasteiger partial charge in [-0.05, 0) is 68.7 Å². The Labute approximate surface area is 231 Å². The molecule has 7 nitrogen and oxygen atoms in total. The molecule has 0 saturated heterocycles. The van der Waals surface area contributed by atoms with Crippen LogP contribution in [0.1, 0.15) is 44.3 Å². The minimum absolute atomic E-state index is 0.113. The Bertz CT molecular complexity index is 1790. The van der Waals surface area contributed by atoms with E-state index in [1.807, 2.05) is 19.9 Å². The first kappa shape index (κ1) is 27.3. The van der Waals surface area contributed by atoms with E-state index in [9.17, 15) is 22.4 Å². The first-order chi connectivity index (χ1) is 18.8. The number of halogens is 5. The lowest BCUT2D eigenvalue weighted by atomic mass is 10.0. The fraction of sp³-hybridized carbons (Fsp3) is 0.214. The van der Waals surface area contributed by atoms with E-state index >= 15 is 0 Å². The van der Waals surface area contributed by atoms with E-state index in [-0.39, 0.29) is 28.6 Å². The van der Waals surface area contributed by atoms with Crippen LogP contribution in [0.25, 0.3) is 16.9 Å². The summed E-state index contributed by atoms with van der Waals surface area (Å²) >= 11 is 6.14. The largest absolute Gasteiger partial charge is 0.433 e. The minimum Gasteiger partial charge on any atom is -0.317 e. The van der Waals surface area contributed by atoms with Gasteiger partial charge in [0.15, 0.2) is 17.0 Å². The summed E-state index contributed by atoms with van der Waals surface area (Å²) in [5, 5.41) is 11.3. The van der Waals surface area contributed by atoms with Crippen molar-refractivity contribution in [2.24, 2.45) is 0 Å². The van der Waals surface area contributed by atoms with Crippen LogP contribution in [0.15, 0.2) is 48.5 Å². The lowest BCUT2D eigenvalue weighted by Gasteiger charge is -2.11. The van der Waals surface area contributed by atoms with Crippen molar-refractivity contribution >= 4 is 28.8 Å². The Balaban J connectivity index is 1.48. The highest BCUT2D eigenvalue weighted by Gasteiger charge is 2.36. The van der Waals surface area contributed by atoms with Crippen LogP contribution in [0.4, 0.5) is 23.2 Å². The molecule has 1 N–H and O–H groups in total. The molecule has 206 valence electrons. The molecule has 3 aromatic heterocycles. The summed E-state index contributed by atoms with van der Waals surface area (Å²) in [6.07, 6.45) is -4.74. The van der Waals surface area contributed by atoms with Gasteiger partial charge in [-0.2, -0.15) is 23.4 Å². The van der Waals surface area contributed by atoms with Crippen LogP contribution in [0, 0.1) is 33.5 Å². The minimum atomic E-state index is -4.74. The standard InChI is InChI=1S/C28H23ClF4N6O/c1-14-5-6-18(9-15(14)2)22-11-24(28(31,32)33)39-25(34-22)12-23(37-39)27(40)35-26-16(3)36-38(17(26)4)13-19-7-8-20(30)10-21(19)29/h5-12H,13H2,1-4H3,(H,35,40). The van der Waals surface area contributed by atoms with Crippen LogP contribution in [-0.4, -0.2) is 30.3 Å². The van der Waals surface area contributed by atoms with Crippen LogP contribution in [-0.2, 0) is 12.7 Å². The molecule has 3 heterocycles. The fourth-order valence-electron chi connectivity index (χ4n) is 4.36. The van der Waals surface area contributed by atoms with Gasteiger partial charge < -0.3 is 5.32 Å². The Hall–Kier alpha value is -4.25. The van der Waals surface area contributed by atoms with Gasteiger partial charge in [-0.3, -0.25) is 9.48 Å². The molecule has 40 heavy (non-hydrogen) atoms. The van der Waals surface area contributed by atoms with E-state index in [4.69, 9.17) is 11.6 Å². The molecule has 1 amide bonds. The van der Waals surface area contributed by atoms with Crippen molar-refractivity contribution in [1.82, 2.24) is 24.4 Å². The number of carbonyl (C=O) groups is 1. The molecule has 0 atom stereocenters. The second-order valence-electron chi connectivity index (χ2n) is 9.52. The van der Waals surface area contributed by atoms with Crippen molar-refractivity contribution in [1.29, 1.82) is 0 Å². The van der Waals surface area contributed by atoms with Gasteiger partial charge in [0.25, 0.3) is 5.91 Å². The fourth-order valence-corrected chi connectivity index (χ4v) is 4.58. The monoisotopic (exact) mass is 570 g/mol. The van der Waals surface area contributed by atoms with Crippen LogP contribution in [0.2, 0.25) is 5.02 Å². The van der Waals surface area contributed by atoms with Gasteiger partial charge >= 0.3 is 6.18 Å². The Morgan fingerprint density at radius 2 is 1.73 bits per heavy atom. The third-order valence-corrected chi connectivity index (χ3v) is 7.06. The number of amides is 1. The second-order valence-corrected chi connectivity index (χ2v) is 9.92. The maximum atomic E-state index is 14.0. The molecule has 5 aromatic rings. The molecule has 0 saturated carbocycles. The maximum Gasteiger partial charge on any atom is 0.433 e. The summed E-state index contributed by atoms with van der Waals surface area (Å²) in [5.41, 5.74) is 3.16. The molecule has 0 bridgehead atoms. The van der Waals surface area contributed by atoms with E-state index in [0.29, 0.717) is 32.7 Å². The predicted octanol–water partition coefficient (Wildman–Crippen LogP) is 6.94. The van der Waals surface area contributed by atoms with Gasteiger partial charge in [-0.15, -0.1) is 0 Å². The number of aryl methyl sites for hydroxylation is 3. The maximum absolute atomic E-state index is 14.0. The molecule has 2 aromatic carbocycles. The summed E-state index contributed by atoms with van der Waals surface area (Å²) in [4.78, 5) is 17.5. The normalized spacial score (nSPS) is 11.8. The number of carbonyl (C=O) groups excluding carboxylic acids is 1. The highest BCUT2D eigenvalue weighted by molar-refractivity contribution is 6.31. The van der Waals surface area contributed by atoms with Crippen molar-refractivity contribution < 1.29 is 22.4 Å². The molecule has 0 unspecified atom stereocenters. The van der Waals surface area contributed by atoms with Gasteiger partial charge in [0, 0.05) is 16.7 Å². The third-order valence-electron chi connectivity index (χ3n) is 6.71. The average molecular weight is 571 g/mol. The van der Waals surface area contributed by atoms with E-state index in [1.54, 1.807) is 36.7 Å². The molecule has 5 rings (SSSR count). The lowest BCUT2D eigenvalue weighted by Crippen LogP contribution is -2.16. The van der Waals surface area contributed by atoms with Crippen molar-refractivity contribution in [3.05, 3.63) is 98.8 Å². The summed E-state index contributed by atoms with van der Waals surface area (Å²) in [7, 11) is 0. The van der Waals surface area contributed by atoms with Crippen LogP contribution < -0.4 is 5.32 Å². The Morgan fingerprint density at radius 3 is 2.40 bits per heavy atom. The number of nitrogens with zero attached hydrogens (tertiary/aromatic N) is 5. The number of hydrogen-bond donors (Lipinski definition) is 1. The average Bonchev–Trinajstić information content (AvgIpc) is 3.42. The van der Waals surface area contributed by atoms with Gasteiger partial charge in [0.2, 0.25) is 0 Å². The van der Waals surface area contributed by atoms with Gasteiger partial charge in [-0.25, -0.2) is 13.9 Å². The zero-order chi connectivity index (χ0) is 28.9. The molecule has 0 aliphatic heterocycles. The van der Waals surface area contributed by atoms with E-state index < -0.39 is 23.6 Å². The second kappa shape index (κ2) is 10.1. The highest BCUT2D eigenvalue weighted by Crippen LogP contribution is 2.33. The number of nitrogens with one attached hydrogen (secondary N) is 1. The Morgan fingerprint density at radius 1 is 0.975 bits per heavy atom. The summed E-state index contributed by atoms with van der Waals surface area (Å²) < 4.78 is 57.7. The topological polar surface area (TPSA) is 77.1 Å². The summed E-state index contributed by atoms with van der Waals surface area (Å²) in [6.45, 7) is 7.38. The zero-order valence-electron chi connectivity index (χ0n) is 21.9. The van der Waals surface area contributed by atoms with Gasteiger partial charge in [-0.1, -0.05) is 29.8 Å². The zero-order valence-corrected chi connectivity index (χ0v) is 22.6. The van der Waals surface area contributed by atoms with E-state index in [2.05, 4.69) is 20.5 Å². The number of fused-ring (bicyclic) bond motifs is 1. The molecule has 0 spiro atoms. The lowest BCUT2D eigenvalue weighted by molar-refractivity contribution is -0.142. The number of alkyl halides is 3. The van der Waals surface area contributed by atoms with E-state index in [0.717, 1.165) is 17.2 Å². The molecular weight excluding hydrogens is 548 g/mol. The predicted molar refractivity (Wildman–Crippen MR) is 143 cm³/mol. The number of benzene rings is 2. The van der Waals surface area contributed by atoms with Crippen molar-refractivity contribution in [2.75, 3.05) is 5.32 Å². The number of hydrogen-bond acceptors (Lipinski definition) is 4. The first-order valence-corrected chi connectivity index (χ1v) is 12.5. The van der Waals surface area contributed by atoms with Crippen LogP contribution >= 0.6 is 11.6 Å². The van der Waals surface area contributed by atoms with Crippen molar-refractivity contribution in [3.8, 4) is 11.3 Å². The van der Waals surface area contributed by atoms with Gasteiger partial charge in [0.05, 0.1) is 29.3 Å². The van der Waals surface area contributed by atoms with Gasteiger partial charge in [0.1, 0.15) is 5.82 Å². The molecule has 0 fully saturated rings. The smallest absolute Gasteiger partial charge is 0.317 e. The van der Waals surface area contributed by atoms with Crippen LogP contribution in [0.3, 0.4) is 0 Å². The highest BCUT2D eigenvalue weighted by atomic mass is 35.5. The van der Waals surface area contributed by atoms with E-state index in [1.165, 1.54) is 18.2 Å². The molecule has 0 aliphatic carbocycles. The van der Waals surface area contributed by atoms with Crippen molar-refractivity contribution in [3.63, 3.8) is 0 Å². The number of aromatic nitrogens is 5. The number of anilines is 1. The first-order valence-electron chi connectivity index (χ1n) is 12.2. The molecule has 12 heteroatoms. The molecular formula is C28H23ClF4N6O. The van der Waals surface area contributed by atoms with Crippen molar-refractivity contribution in [2.45, 2.75) is 40.4 Å². The van der Waals surface area contributed by atoms with Crippen LogP contribution in [0.5, 0.6) is 0 Å². The Kier molecular flexibility index (Phi) is 6.87. The summed E-state index contributed by atoms with van der Waals surface area (Å²) in [6, 6.07) is 11.4. The third kappa shape index (κ3) is 5.16.